The summed E-state index contributed by atoms with van der Waals surface area (Å²) < 4.78 is 0. The number of aromatic hydroxyl groups is 2. The molecule has 0 saturated heterocycles. The van der Waals surface area contributed by atoms with E-state index in [2.05, 4.69) is 37.4 Å². The Morgan fingerprint density at radius 3 is 1.41 bits per heavy atom. The molecule has 0 aromatic heterocycles. The fraction of sp³-hybridized carbons (Fsp3) is 0.429. The van der Waals surface area contributed by atoms with Gasteiger partial charge in [-0.05, 0) is 70.2 Å². The highest BCUT2D eigenvalue weighted by Gasteiger charge is 2.56. The van der Waals surface area contributed by atoms with E-state index < -0.39 is 0 Å². The lowest BCUT2D eigenvalue weighted by Crippen LogP contribution is -2.26. The van der Waals surface area contributed by atoms with Crippen LogP contribution in [0.5, 0.6) is 11.5 Å². The minimum absolute atomic E-state index is 0.0950. The molecule has 0 aliphatic heterocycles. The second kappa shape index (κ2) is 5.62. The smallest absolute Gasteiger partial charge is 0.140 e. The maximum Gasteiger partial charge on any atom is 0.140 e. The summed E-state index contributed by atoms with van der Waals surface area (Å²) >= 11 is 11.6. The molecule has 0 atom stereocenters. The number of rotatable bonds is 2. The Morgan fingerprint density at radius 2 is 1.07 bits per heavy atom. The number of nitrogens with one attached hydrogen (secondary N) is 2. The number of phenolic OH excluding ortho intramolecular Hbond substituents is 2. The van der Waals surface area contributed by atoms with E-state index in [0.29, 0.717) is 11.4 Å². The lowest BCUT2D eigenvalue weighted by atomic mass is 9.72. The van der Waals surface area contributed by atoms with E-state index in [1.807, 2.05) is 24.3 Å². The molecule has 0 unspecified atom stereocenters. The second-order valence-electron chi connectivity index (χ2n) is 9.22. The Morgan fingerprint density at radius 1 is 0.704 bits per heavy atom. The minimum atomic E-state index is -0.275. The van der Waals surface area contributed by atoms with Crippen molar-refractivity contribution in [1.29, 1.82) is 0 Å². The molecule has 1 spiro atoms. The molecule has 4 N–H and O–H groups in total. The van der Waals surface area contributed by atoms with Gasteiger partial charge in [0, 0.05) is 29.0 Å². The summed E-state index contributed by atoms with van der Waals surface area (Å²) in [4.78, 5) is 5.12. The van der Waals surface area contributed by atoms with Gasteiger partial charge in [-0.3, -0.25) is 9.67 Å². The summed E-state index contributed by atoms with van der Waals surface area (Å²) in [6.45, 7) is 8.87. The summed E-state index contributed by atoms with van der Waals surface area (Å²) in [6.07, 6.45) is 1.79. The molecule has 0 saturated carbocycles. The van der Waals surface area contributed by atoms with Gasteiger partial charge in [0.1, 0.15) is 11.5 Å². The van der Waals surface area contributed by atoms with Gasteiger partial charge in [-0.25, -0.2) is 0 Å². The van der Waals surface area contributed by atoms with Crippen LogP contribution in [0, 0.1) is 0 Å². The van der Waals surface area contributed by atoms with Crippen LogP contribution in [0.4, 0.5) is 11.4 Å². The molecule has 2 aromatic rings. The van der Waals surface area contributed by atoms with Crippen LogP contribution in [0.1, 0.15) is 62.8 Å². The molecular weight excluding hydrogens is 383 g/mol. The standard InChI is InChI=1S/C21H24Cl2N2O2/c1-19(2)9-21(13-7-17(26)15(24-22)5-11(13)19)10-20(3,4)12-6-16(25-23)18(27)8-14(12)21/h5-8,24-27H,9-10H2,1-4H3. The van der Waals surface area contributed by atoms with E-state index in [9.17, 15) is 10.2 Å². The quantitative estimate of drug-likeness (QED) is 0.371. The summed E-state index contributed by atoms with van der Waals surface area (Å²) in [5.41, 5.74) is 5.13. The Bertz CT molecular complexity index is 876. The van der Waals surface area contributed by atoms with Crippen LogP contribution in [0.25, 0.3) is 0 Å². The van der Waals surface area contributed by atoms with Gasteiger partial charge in [0.05, 0.1) is 11.4 Å². The van der Waals surface area contributed by atoms with E-state index >= 15 is 0 Å². The van der Waals surface area contributed by atoms with Gasteiger partial charge in [-0.1, -0.05) is 27.7 Å². The monoisotopic (exact) mass is 406 g/mol. The fourth-order valence-electron chi connectivity index (χ4n) is 5.53. The first-order valence-corrected chi connectivity index (χ1v) is 9.80. The number of phenols is 2. The van der Waals surface area contributed by atoms with Crippen molar-refractivity contribution < 1.29 is 10.2 Å². The van der Waals surface area contributed by atoms with Crippen LogP contribution in [0.2, 0.25) is 0 Å². The molecule has 2 aromatic carbocycles. The van der Waals surface area contributed by atoms with Gasteiger partial charge in [0.15, 0.2) is 0 Å². The van der Waals surface area contributed by atoms with Gasteiger partial charge in [-0.15, -0.1) is 0 Å². The van der Waals surface area contributed by atoms with Gasteiger partial charge < -0.3 is 10.2 Å². The lowest BCUT2D eigenvalue weighted by molar-refractivity contribution is 0.348. The van der Waals surface area contributed by atoms with Crippen molar-refractivity contribution in [1.82, 2.24) is 0 Å². The van der Waals surface area contributed by atoms with Crippen LogP contribution in [-0.2, 0) is 16.2 Å². The molecule has 27 heavy (non-hydrogen) atoms. The summed E-state index contributed by atoms with van der Waals surface area (Å²) in [7, 11) is 0. The number of hydrogen-bond donors (Lipinski definition) is 4. The average molecular weight is 407 g/mol. The highest BCUT2D eigenvalue weighted by Crippen LogP contribution is 2.64. The molecule has 4 rings (SSSR count). The highest BCUT2D eigenvalue weighted by atomic mass is 35.5. The molecule has 0 fully saturated rings. The zero-order valence-corrected chi connectivity index (χ0v) is 17.4. The van der Waals surface area contributed by atoms with E-state index in [1.54, 1.807) is 0 Å². The molecule has 144 valence electrons. The van der Waals surface area contributed by atoms with Crippen molar-refractivity contribution in [2.24, 2.45) is 0 Å². The van der Waals surface area contributed by atoms with Crippen LogP contribution in [0.15, 0.2) is 24.3 Å². The number of hydrogen-bond acceptors (Lipinski definition) is 4. The topological polar surface area (TPSA) is 64.5 Å². The molecular formula is C21H24Cl2N2O2. The van der Waals surface area contributed by atoms with Gasteiger partial charge in [0.25, 0.3) is 0 Å². The normalized spacial score (nSPS) is 20.4. The predicted molar refractivity (Wildman–Crippen MR) is 111 cm³/mol. The van der Waals surface area contributed by atoms with E-state index in [-0.39, 0.29) is 27.7 Å². The van der Waals surface area contributed by atoms with Gasteiger partial charge in [0.2, 0.25) is 0 Å². The number of halogens is 2. The molecule has 4 nitrogen and oxygen atoms in total. The van der Waals surface area contributed by atoms with Crippen molar-refractivity contribution in [3.8, 4) is 11.5 Å². The van der Waals surface area contributed by atoms with Crippen molar-refractivity contribution in [3.05, 3.63) is 46.5 Å². The third-order valence-corrected chi connectivity index (χ3v) is 6.86. The Hall–Kier alpha value is -1.78. The molecule has 6 heteroatoms. The van der Waals surface area contributed by atoms with Crippen molar-refractivity contribution in [2.75, 3.05) is 9.67 Å². The molecule has 0 amide bonds. The van der Waals surface area contributed by atoms with Crippen molar-refractivity contribution in [2.45, 2.75) is 56.8 Å². The van der Waals surface area contributed by atoms with Crippen LogP contribution in [-0.4, -0.2) is 10.2 Å². The third kappa shape index (κ3) is 2.43. The average Bonchev–Trinajstić information content (AvgIpc) is 2.93. The SMILES string of the molecule is CC1(C)CC2(CC(C)(C)c3cc(NCl)c(O)cc32)c2cc(O)c(NCl)cc21. The first-order valence-electron chi connectivity index (χ1n) is 9.05. The fourth-order valence-corrected chi connectivity index (χ4v) is 5.83. The first kappa shape index (κ1) is 18.6. The molecule has 0 radical (unpaired) electrons. The van der Waals surface area contributed by atoms with Gasteiger partial charge >= 0.3 is 0 Å². The number of benzene rings is 2. The predicted octanol–water partition coefficient (Wildman–Crippen LogP) is 5.88. The van der Waals surface area contributed by atoms with Crippen molar-refractivity contribution in [3.63, 3.8) is 0 Å². The Labute approximate surface area is 169 Å². The zero-order chi connectivity index (χ0) is 19.8. The van der Waals surface area contributed by atoms with E-state index in [4.69, 9.17) is 23.6 Å². The van der Waals surface area contributed by atoms with E-state index in [0.717, 1.165) is 24.0 Å². The zero-order valence-electron chi connectivity index (χ0n) is 15.9. The van der Waals surface area contributed by atoms with Crippen LogP contribution < -0.4 is 9.67 Å². The summed E-state index contributed by atoms with van der Waals surface area (Å²) in [5, 5.41) is 21.0. The molecule has 2 aliphatic carbocycles. The molecule has 0 heterocycles. The number of anilines is 2. The molecule has 0 bridgehead atoms. The minimum Gasteiger partial charge on any atom is -0.506 e. The van der Waals surface area contributed by atoms with Crippen LogP contribution in [0.3, 0.4) is 0 Å². The maximum atomic E-state index is 10.5. The van der Waals surface area contributed by atoms with Gasteiger partial charge in [-0.2, -0.15) is 0 Å². The number of fused-ring (bicyclic) bond motifs is 4. The maximum absolute atomic E-state index is 10.5. The van der Waals surface area contributed by atoms with Crippen molar-refractivity contribution >= 4 is 34.9 Å². The lowest BCUT2D eigenvalue weighted by Gasteiger charge is -2.30. The summed E-state index contributed by atoms with van der Waals surface area (Å²) in [6, 6.07) is 7.58. The van der Waals surface area contributed by atoms with E-state index in [1.165, 1.54) is 11.1 Å². The molecule has 2 aliphatic rings. The second-order valence-corrected chi connectivity index (χ2v) is 9.60. The highest BCUT2D eigenvalue weighted by molar-refractivity contribution is 6.24. The third-order valence-electron chi connectivity index (χ3n) is 6.45. The Balaban J connectivity index is 2.03. The van der Waals surface area contributed by atoms with Crippen LogP contribution >= 0.6 is 23.6 Å². The summed E-state index contributed by atoms with van der Waals surface area (Å²) in [5.74, 6) is 0.269. The Kier molecular flexibility index (Phi) is 3.86. The largest absolute Gasteiger partial charge is 0.506 e. The first-order chi connectivity index (χ1) is 12.6.